The molecule has 1 aliphatic rings. The maximum absolute atomic E-state index is 11.8. The van der Waals surface area contributed by atoms with Crippen LogP contribution < -0.4 is 4.90 Å². The van der Waals surface area contributed by atoms with Crippen LogP contribution in [-0.4, -0.2) is 30.5 Å². The summed E-state index contributed by atoms with van der Waals surface area (Å²) < 4.78 is 19.5. The first kappa shape index (κ1) is 8.23. The van der Waals surface area contributed by atoms with Crippen LogP contribution in [0.3, 0.4) is 0 Å². The number of anilines is 1. The van der Waals surface area contributed by atoms with E-state index in [4.69, 9.17) is 7.48 Å². The highest BCUT2D eigenvalue weighted by molar-refractivity contribution is 5.94. The van der Waals surface area contributed by atoms with Gasteiger partial charge >= 0.3 is 0 Å². The largest absolute Gasteiger partial charge is 0.370 e. The van der Waals surface area contributed by atoms with E-state index in [0.717, 1.165) is 0 Å². The monoisotopic (exact) mass is 224 g/mol. The van der Waals surface area contributed by atoms with E-state index >= 15 is 0 Å². The van der Waals surface area contributed by atoms with E-state index < -0.39 is 17.4 Å². The van der Waals surface area contributed by atoms with Crippen LogP contribution >= 0.6 is 0 Å². The maximum Gasteiger partial charge on any atom is 0.269 e. The van der Waals surface area contributed by atoms with Crippen LogP contribution in [0, 0.1) is 10.1 Å². The molecule has 0 atom stereocenters. The number of nitro benzene ring substituents is 1. The van der Waals surface area contributed by atoms with Crippen molar-refractivity contribution in [3.8, 4) is 0 Å². The molecule has 0 aliphatic carbocycles. The highest BCUT2D eigenvalue weighted by atomic mass is 16.6. The number of hydrogen-bond acceptors (Lipinski definition) is 4. The number of non-ortho nitro benzene ring substituents is 1. The molecule has 1 fully saturated rings. The van der Waals surface area contributed by atoms with Gasteiger partial charge in [-0.2, -0.15) is 0 Å². The third-order valence-corrected chi connectivity index (χ3v) is 2.19. The molecule has 0 radical (unpaired) electrons. The smallest absolute Gasteiger partial charge is 0.269 e. The van der Waals surface area contributed by atoms with E-state index in [-0.39, 0.29) is 18.8 Å². The van der Waals surface area contributed by atoms with Gasteiger partial charge in [0.15, 0.2) is 0 Å². The first-order valence-corrected chi connectivity index (χ1v) is 4.62. The summed E-state index contributed by atoms with van der Waals surface area (Å²) in [6, 6.07) is 5.37. The van der Waals surface area contributed by atoms with E-state index in [1.165, 1.54) is 29.2 Å². The van der Waals surface area contributed by atoms with Gasteiger partial charge in [0, 0.05) is 24.4 Å². The average molecular weight is 224 g/mol. The number of hydrogen-bond donors (Lipinski definition) is 0. The molecule has 1 aliphatic heterocycles. The fourth-order valence-electron chi connectivity index (χ4n) is 1.41. The van der Waals surface area contributed by atoms with Crippen LogP contribution in [0.1, 0.15) is 2.74 Å². The Labute approximate surface area is 94.4 Å². The zero-order valence-corrected chi connectivity index (χ0v) is 8.25. The molecule has 1 aromatic rings. The minimum absolute atomic E-state index is 0.0791. The van der Waals surface area contributed by atoms with Gasteiger partial charge in [-0.1, -0.05) is 0 Å². The Morgan fingerprint density at radius 2 is 2.12 bits per heavy atom. The Balaban J connectivity index is 2.26. The molecule has 0 bridgehead atoms. The average Bonchev–Trinajstić information content (AvgIpc) is 2.33. The highest BCUT2D eigenvalue weighted by Crippen LogP contribution is 2.20. The van der Waals surface area contributed by atoms with Crippen LogP contribution in [0.2, 0.25) is 0 Å². The Hall–Kier alpha value is -1.95. The predicted octanol–water partition coefficient (Wildman–Crippen LogP) is 0.958. The number of benzene rings is 1. The van der Waals surface area contributed by atoms with Crippen LogP contribution in [0.4, 0.5) is 11.4 Å². The molecule has 6 heteroatoms. The van der Waals surface area contributed by atoms with Gasteiger partial charge in [-0.15, -0.1) is 0 Å². The Kier molecular flexibility index (Phi) is 2.20. The summed E-state index contributed by atoms with van der Waals surface area (Å²) in [5.74, 6) is -0.803. The summed E-state index contributed by atoms with van der Waals surface area (Å²) in [6.07, 6.45) is 0. The maximum atomic E-state index is 11.8. The number of carbonyl (C=O) groups is 1. The van der Waals surface area contributed by atoms with Crippen molar-refractivity contribution in [2.75, 3.05) is 24.6 Å². The lowest BCUT2D eigenvalue weighted by Crippen LogP contribution is -2.41. The van der Waals surface area contributed by atoms with Crippen molar-refractivity contribution in [3.63, 3.8) is 0 Å². The molecule has 1 amide bonds. The van der Waals surface area contributed by atoms with E-state index in [2.05, 4.69) is 0 Å². The Morgan fingerprint density at radius 1 is 1.44 bits per heavy atom. The molecular weight excluding hydrogens is 212 g/mol. The fourth-order valence-corrected chi connectivity index (χ4v) is 1.41. The van der Waals surface area contributed by atoms with Gasteiger partial charge in [-0.05, 0) is 12.1 Å². The third kappa shape index (κ3) is 2.01. The topological polar surface area (TPSA) is 72.7 Å². The summed E-state index contributed by atoms with van der Waals surface area (Å²) in [5, 5.41) is 10.5. The lowest BCUT2D eigenvalue weighted by atomic mass is 10.2. The Bertz CT molecular complexity index is 489. The first-order valence-electron chi connectivity index (χ1n) is 5.62. The lowest BCUT2D eigenvalue weighted by Gasteiger charge is -2.26. The summed E-state index contributed by atoms with van der Waals surface area (Å²) in [5.41, 5.74) is 0.334. The molecule has 6 nitrogen and oxygen atoms in total. The van der Waals surface area contributed by atoms with Gasteiger partial charge in [0.1, 0.15) is 6.56 Å². The van der Waals surface area contributed by atoms with Crippen LogP contribution in [0.15, 0.2) is 24.3 Å². The minimum Gasteiger partial charge on any atom is -0.370 e. The molecule has 84 valence electrons. The van der Waals surface area contributed by atoms with Crippen molar-refractivity contribution in [1.82, 2.24) is 0 Å². The summed E-state index contributed by atoms with van der Waals surface area (Å²) in [4.78, 5) is 22.9. The quantitative estimate of drug-likeness (QED) is 0.554. The molecule has 1 aromatic carbocycles. The standard InChI is InChI=1S/C10H10N2O4/c13-10-7-16-6-5-11(10)8-1-3-9(4-2-8)12(14)15/h1-4H,5-7H2/i7D2. The second-order valence-electron chi connectivity index (χ2n) is 3.18. The molecule has 2 rings (SSSR count). The molecule has 0 spiro atoms. The van der Waals surface area contributed by atoms with Crippen LogP contribution in [0.5, 0.6) is 0 Å². The fraction of sp³-hybridized carbons (Fsp3) is 0.300. The molecule has 0 unspecified atom stereocenters. The van der Waals surface area contributed by atoms with E-state index in [0.29, 0.717) is 5.69 Å². The van der Waals surface area contributed by atoms with E-state index in [1.807, 2.05) is 0 Å². The highest BCUT2D eigenvalue weighted by Gasteiger charge is 2.20. The molecular formula is C10H10N2O4. The lowest BCUT2D eigenvalue weighted by molar-refractivity contribution is -0.384. The number of nitro groups is 1. The van der Waals surface area contributed by atoms with Gasteiger partial charge in [-0.3, -0.25) is 14.9 Å². The van der Waals surface area contributed by atoms with Crippen molar-refractivity contribution in [2.45, 2.75) is 0 Å². The van der Waals surface area contributed by atoms with Crippen LogP contribution in [-0.2, 0) is 9.53 Å². The minimum atomic E-state index is -2.35. The van der Waals surface area contributed by atoms with Crippen molar-refractivity contribution in [3.05, 3.63) is 34.4 Å². The molecule has 0 saturated carbocycles. The number of morpholine rings is 1. The molecule has 0 aromatic heterocycles. The predicted molar refractivity (Wildman–Crippen MR) is 56.3 cm³/mol. The zero-order valence-electron chi connectivity index (χ0n) is 10.3. The van der Waals surface area contributed by atoms with Crippen molar-refractivity contribution in [1.29, 1.82) is 0 Å². The normalized spacial score (nSPS) is 21.2. The number of carbonyl (C=O) groups excluding carboxylic acids is 1. The SMILES string of the molecule is [2H]C1([2H])OCCN(c2ccc([N+](=O)[O-])cc2)C1=O. The second kappa shape index (κ2) is 4.28. The molecule has 16 heavy (non-hydrogen) atoms. The van der Waals surface area contributed by atoms with Gasteiger partial charge < -0.3 is 9.64 Å². The van der Waals surface area contributed by atoms with Gasteiger partial charge in [0.25, 0.3) is 11.6 Å². The summed E-state index contributed by atoms with van der Waals surface area (Å²) in [6.45, 7) is -2.05. The first-order chi connectivity index (χ1) is 8.42. The van der Waals surface area contributed by atoms with Crippen molar-refractivity contribution < 1.29 is 17.2 Å². The second-order valence-corrected chi connectivity index (χ2v) is 3.18. The van der Waals surface area contributed by atoms with Gasteiger partial charge in [0.05, 0.1) is 14.3 Å². The molecule has 0 N–H and O–H groups in total. The van der Waals surface area contributed by atoms with Crippen LogP contribution in [0.25, 0.3) is 0 Å². The molecule has 1 saturated heterocycles. The Morgan fingerprint density at radius 3 is 2.75 bits per heavy atom. The van der Waals surface area contributed by atoms with E-state index in [9.17, 15) is 14.9 Å². The number of rotatable bonds is 2. The van der Waals surface area contributed by atoms with Crippen molar-refractivity contribution in [2.24, 2.45) is 0 Å². The number of ether oxygens (including phenoxy) is 1. The molecule has 1 heterocycles. The number of nitrogens with zero attached hydrogens (tertiary/aromatic N) is 2. The summed E-state index contributed by atoms with van der Waals surface area (Å²) in [7, 11) is 0. The zero-order chi connectivity index (χ0) is 13.3. The number of amides is 1. The van der Waals surface area contributed by atoms with E-state index in [1.54, 1.807) is 0 Å². The van der Waals surface area contributed by atoms with Gasteiger partial charge in [-0.25, -0.2) is 0 Å². The van der Waals surface area contributed by atoms with Gasteiger partial charge in [0.2, 0.25) is 0 Å². The van der Waals surface area contributed by atoms with Crippen molar-refractivity contribution >= 4 is 17.3 Å². The summed E-state index contributed by atoms with van der Waals surface area (Å²) >= 11 is 0. The third-order valence-electron chi connectivity index (χ3n) is 2.19.